The minimum Gasteiger partial charge on any atom is -0.490 e. The quantitative estimate of drug-likeness (QED) is 0.915. The van der Waals surface area contributed by atoms with Gasteiger partial charge in [-0.05, 0) is 49.9 Å². The Morgan fingerprint density at radius 1 is 1.21 bits per heavy atom. The Morgan fingerprint density at radius 2 is 1.95 bits per heavy atom. The van der Waals surface area contributed by atoms with Crippen molar-refractivity contribution in [2.45, 2.75) is 38.3 Å². The second-order valence-electron chi connectivity index (χ2n) is 4.94. The van der Waals surface area contributed by atoms with E-state index in [1.54, 1.807) is 0 Å². The summed E-state index contributed by atoms with van der Waals surface area (Å²) in [6.45, 7) is 0.395. The number of benzene rings is 1. The van der Waals surface area contributed by atoms with E-state index < -0.39 is 0 Å². The molecule has 4 heteroatoms. The molecule has 0 aliphatic heterocycles. The van der Waals surface area contributed by atoms with Gasteiger partial charge >= 0.3 is 0 Å². The van der Waals surface area contributed by atoms with E-state index in [2.05, 4.69) is 5.16 Å². The second-order valence-corrected chi connectivity index (χ2v) is 4.94. The number of rotatable bonds is 4. The van der Waals surface area contributed by atoms with Crippen LogP contribution in [0.5, 0.6) is 5.75 Å². The van der Waals surface area contributed by atoms with Crippen LogP contribution < -0.4 is 10.5 Å². The molecule has 0 bridgehead atoms. The van der Waals surface area contributed by atoms with Gasteiger partial charge in [-0.25, -0.2) is 0 Å². The predicted molar refractivity (Wildman–Crippen MR) is 72.7 cm³/mol. The average Bonchev–Trinajstić information content (AvgIpc) is 3.10. The minimum atomic E-state index is 0.389. The van der Waals surface area contributed by atoms with Crippen molar-refractivity contribution in [2.24, 2.45) is 5.73 Å². The second kappa shape index (κ2) is 5.45. The van der Waals surface area contributed by atoms with E-state index in [4.69, 9.17) is 15.0 Å². The summed E-state index contributed by atoms with van der Waals surface area (Å²) in [4.78, 5) is 0. The van der Waals surface area contributed by atoms with Crippen molar-refractivity contribution >= 4 is 0 Å². The summed E-state index contributed by atoms with van der Waals surface area (Å²) in [6, 6.07) is 9.82. The van der Waals surface area contributed by atoms with Gasteiger partial charge in [-0.15, -0.1) is 0 Å². The lowest BCUT2D eigenvalue weighted by Gasteiger charge is -2.12. The van der Waals surface area contributed by atoms with Crippen LogP contribution in [0.25, 0.3) is 11.3 Å². The summed E-state index contributed by atoms with van der Waals surface area (Å²) in [7, 11) is 0. The van der Waals surface area contributed by atoms with Gasteiger partial charge in [0.25, 0.3) is 0 Å². The molecule has 1 fully saturated rings. The Hall–Kier alpha value is -1.81. The first-order valence-corrected chi connectivity index (χ1v) is 6.78. The van der Waals surface area contributed by atoms with Gasteiger partial charge in [0.15, 0.2) is 5.76 Å². The lowest BCUT2D eigenvalue weighted by molar-refractivity contribution is 0.210. The van der Waals surface area contributed by atoms with Crippen molar-refractivity contribution in [2.75, 3.05) is 0 Å². The van der Waals surface area contributed by atoms with Crippen molar-refractivity contribution in [3.8, 4) is 17.1 Å². The van der Waals surface area contributed by atoms with Crippen LogP contribution in [0, 0.1) is 0 Å². The number of hydrogen-bond acceptors (Lipinski definition) is 4. The lowest BCUT2D eigenvalue weighted by Crippen LogP contribution is -2.10. The number of nitrogens with zero attached hydrogens (tertiary/aromatic N) is 1. The highest BCUT2D eigenvalue weighted by Crippen LogP contribution is 2.27. The van der Waals surface area contributed by atoms with Crippen LogP contribution in [0.1, 0.15) is 31.4 Å². The molecule has 0 radical (unpaired) electrons. The zero-order chi connectivity index (χ0) is 13.1. The maximum atomic E-state index is 5.93. The molecule has 0 spiro atoms. The summed E-state index contributed by atoms with van der Waals surface area (Å²) in [5.74, 6) is 1.67. The van der Waals surface area contributed by atoms with E-state index in [0.717, 1.165) is 22.8 Å². The van der Waals surface area contributed by atoms with Crippen LogP contribution >= 0.6 is 0 Å². The fourth-order valence-electron chi connectivity index (χ4n) is 2.44. The van der Waals surface area contributed by atoms with Gasteiger partial charge in [0.1, 0.15) is 5.75 Å². The summed E-state index contributed by atoms with van der Waals surface area (Å²) >= 11 is 0. The smallest absolute Gasteiger partial charge is 0.167 e. The Balaban J connectivity index is 1.70. The molecule has 2 aromatic rings. The van der Waals surface area contributed by atoms with Crippen LogP contribution in [0.2, 0.25) is 0 Å². The first kappa shape index (κ1) is 12.2. The molecular formula is C15H18N2O2. The molecule has 4 nitrogen and oxygen atoms in total. The zero-order valence-corrected chi connectivity index (χ0v) is 10.8. The molecule has 1 aliphatic carbocycles. The van der Waals surface area contributed by atoms with E-state index >= 15 is 0 Å². The topological polar surface area (TPSA) is 61.3 Å². The third-order valence-corrected chi connectivity index (χ3v) is 3.51. The third-order valence-electron chi connectivity index (χ3n) is 3.51. The van der Waals surface area contributed by atoms with Gasteiger partial charge in [0.05, 0.1) is 11.8 Å². The van der Waals surface area contributed by atoms with Crippen molar-refractivity contribution in [3.05, 3.63) is 36.0 Å². The summed E-state index contributed by atoms with van der Waals surface area (Å²) in [5, 5.41) is 3.89. The third kappa shape index (κ3) is 2.79. The summed E-state index contributed by atoms with van der Waals surface area (Å²) in [5.41, 5.74) is 7.27. The SMILES string of the molecule is NCc1cc(-c2ccc(OC3CCCC3)cc2)on1. The summed E-state index contributed by atoms with van der Waals surface area (Å²) < 4.78 is 11.2. The number of nitrogens with two attached hydrogens (primary N) is 1. The highest BCUT2D eigenvalue weighted by atomic mass is 16.5. The van der Waals surface area contributed by atoms with E-state index in [0.29, 0.717) is 12.6 Å². The monoisotopic (exact) mass is 258 g/mol. The van der Waals surface area contributed by atoms with Crippen LogP contribution in [0.3, 0.4) is 0 Å². The highest BCUT2D eigenvalue weighted by Gasteiger charge is 2.16. The molecule has 1 heterocycles. The molecule has 1 saturated carbocycles. The van der Waals surface area contributed by atoms with E-state index in [-0.39, 0.29) is 0 Å². The van der Waals surface area contributed by atoms with Gasteiger partial charge in [0, 0.05) is 18.2 Å². The molecule has 0 amide bonds. The van der Waals surface area contributed by atoms with Crippen molar-refractivity contribution in [1.29, 1.82) is 0 Å². The van der Waals surface area contributed by atoms with Crippen LogP contribution in [0.4, 0.5) is 0 Å². The molecule has 1 aliphatic rings. The van der Waals surface area contributed by atoms with Crippen molar-refractivity contribution < 1.29 is 9.26 Å². The Labute approximate surface area is 112 Å². The molecule has 19 heavy (non-hydrogen) atoms. The molecular weight excluding hydrogens is 240 g/mol. The lowest BCUT2D eigenvalue weighted by atomic mass is 10.1. The van der Waals surface area contributed by atoms with Crippen molar-refractivity contribution in [3.63, 3.8) is 0 Å². The van der Waals surface area contributed by atoms with Crippen LogP contribution in [0.15, 0.2) is 34.9 Å². The van der Waals surface area contributed by atoms with Gasteiger partial charge in [-0.3, -0.25) is 0 Å². The number of ether oxygens (including phenoxy) is 1. The molecule has 1 aromatic carbocycles. The summed E-state index contributed by atoms with van der Waals surface area (Å²) in [6.07, 6.45) is 5.29. The zero-order valence-electron chi connectivity index (χ0n) is 10.8. The Morgan fingerprint density at radius 3 is 2.58 bits per heavy atom. The molecule has 100 valence electrons. The maximum absolute atomic E-state index is 5.93. The molecule has 1 aromatic heterocycles. The first-order chi connectivity index (χ1) is 9.35. The average molecular weight is 258 g/mol. The van der Waals surface area contributed by atoms with Gasteiger partial charge in [-0.1, -0.05) is 5.16 Å². The molecule has 3 rings (SSSR count). The maximum Gasteiger partial charge on any atom is 0.167 e. The van der Waals surface area contributed by atoms with E-state index in [1.807, 2.05) is 30.3 Å². The minimum absolute atomic E-state index is 0.389. The molecule has 0 atom stereocenters. The first-order valence-electron chi connectivity index (χ1n) is 6.78. The highest BCUT2D eigenvalue weighted by molar-refractivity contribution is 5.58. The van der Waals surface area contributed by atoms with Crippen LogP contribution in [-0.2, 0) is 6.54 Å². The van der Waals surface area contributed by atoms with Gasteiger partial charge in [0.2, 0.25) is 0 Å². The Kier molecular flexibility index (Phi) is 3.51. The predicted octanol–water partition coefficient (Wildman–Crippen LogP) is 3.12. The molecule has 2 N–H and O–H groups in total. The van der Waals surface area contributed by atoms with Crippen LogP contribution in [-0.4, -0.2) is 11.3 Å². The fraction of sp³-hybridized carbons (Fsp3) is 0.400. The number of aromatic nitrogens is 1. The Bertz CT molecular complexity index is 527. The molecule has 0 saturated heterocycles. The largest absolute Gasteiger partial charge is 0.490 e. The standard InChI is InChI=1S/C15H18N2O2/c16-10-12-9-15(19-17-12)11-5-7-14(8-6-11)18-13-3-1-2-4-13/h5-9,13H,1-4,10,16H2. The number of hydrogen-bond donors (Lipinski definition) is 1. The fourth-order valence-corrected chi connectivity index (χ4v) is 2.44. The normalized spacial score (nSPS) is 15.8. The van der Waals surface area contributed by atoms with Gasteiger partial charge in [-0.2, -0.15) is 0 Å². The molecule has 0 unspecified atom stereocenters. The van der Waals surface area contributed by atoms with E-state index in [9.17, 15) is 0 Å². The van der Waals surface area contributed by atoms with E-state index in [1.165, 1.54) is 25.7 Å². The van der Waals surface area contributed by atoms with Gasteiger partial charge < -0.3 is 15.0 Å². The van der Waals surface area contributed by atoms with Crippen molar-refractivity contribution in [1.82, 2.24) is 5.16 Å².